The summed E-state index contributed by atoms with van der Waals surface area (Å²) in [6.45, 7) is 4.59. The van der Waals surface area contributed by atoms with E-state index < -0.39 is 0 Å². The first kappa shape index (κ1) is 16.4. The van der Waals surface area contributed by atoms with Gasteiger partial charge in [0.15, 0.2) is 0 Å². The van der Waals surface area contributed by atoms with E-state index in [1.807, 2.05) is 24.3 Å². The predicted octanol–water partition coefficient (Wildman–Crippen LogP) is 2.51. The summed E-state index contributed by atoms with van der Waals surface area (Å²) >= 11 is 0. The largest absolute Gasteiger partial charge is 0.366 e. The Morgan fingerprint density at radius 1 is 1.21 bits per heavy atom. The van der Waals surface area contributed by atoms with Crippen LogP contribution in [-0.2, 0) is 11.3 Å². The predicted molar refractivity (Wildman–Crippen MR) is 94.7 cm³/mol. The van der Waals surface area contributed by atoms with Gasteiger partial charge in [-0.25, -0.2) is 0 Å². The van der Waals surface area contributed by atoms with E-state index in [0.717, 1.165) is 44.0 Å². The molecule has 24 heavy (non-hydrogen) atoms. The second kappa shape index (κ2) is 7.88. The van der Waals surface area contributed by atoms with Crippen LogP contribution in [0, 0.1) is 0 Å². The minimum Gasteiger partial charge on any atom is -0.366 e. The Labute approximate surface area is 142 Å². The van der Waals surface area contributed by atoms with E-state index in [1.54, 1.807) is 6.20 Å². The van der Waals surface area contributed by atoms with Crippen LogP contribution in [-0.4, -0.2) is 40.1 Å². The summed E-state index contributed by atoms with van der Waals surface area (Å²) in [4.78, 5) is 13.5. The number of nitrogens with one attached hydrogen (secondary N) is 2. The number of aromatic nitrogens is 2. The van der Waals surface area contributed by atoms with E-state index in [4.69, 9.17) is 0 Å². The van der Waals surface area contributed by atoms with Gasteiger partial charge in [0, 0.05) is 44.5 Å². The van der Waals surface area contributed by atoms with Crippen molar-refractivity contribution in [2.75, 3.05) is 23.7 Å². The quantitative estimate of drug-likeness (QED) is 0.884. The van der Waals surface area contributed by atoms with Gasteiger partial charge in [0.1, 0.15) is 5.82 Å². The number of amides is 1. The Morgan fingerprint density at radius 2 is 1.96 bits per heavy atom. The van der Waals surface area contributed by atoms with Gasteiger partial charge in [-0.15, -0.1) is 5.10 Å². The fourth-order valence-corrected chi connectivity index (χ4v) is 2.98. The normalized spacial score (nSPS) is 15.9. The maximum Gasteiger partial charge on any atom is 0.221 e. The summed E-state index contributed by atoms with van der Waals surface area (Å²) in [7, 11) is 0. The molecule has 0 spiro atoms. The molecule has 2 aromatic rings. The Bertz CT molecular complexity index is 651. The van der Waals surface area contributed by atoms with Gasteiger partial charge in [-0.05, 0) is 42.7 Å². The maximum atomic E-state index is 11.0. The van der Waals surface area contributed by atoms with Crippen LogP contribution >= 0.6 is 0 Å². The van der Waals surface area contributed by atoms with E-state index in [-0.39, 0.29) is 5.91 Å². The zero-order valence-corrected chi connectivity index (χ0v) is 13.9. The second-order valence-electron chi connectivity index (χ2n) is 6.18. The number of hydrogen-bond acceptors (Lipinski definition) is 5. The first-order valence-electron chi connectivity index (χ1n) is 8.32. The molecule has 2 heterocycles. The summed E-state index contributed by atoms with van der Waals surface area (Å²) in [5, 5.41) is 14.2. The van der Waals surface area contributed by atoms with Gasteiger partial charge in [-0.1, -0.05) is 12.1 Å². The lowest BCUT2D eigenvalue weighted by Gasteiger charge is -2.32. The van der Waals surface area contributed by atoms with Crippen molar-refractivity contribution in [3.05, 3.63) is 48.2 Å². The van der Waals surface area contributed by atoms with E-state index >= 15 is 0 Å². The number of benzene rings is 1. The van der Waals surface area contributed by atoms with Gasteiger partial charge in [0.2, 0.25) is 5.91 Å². The lowest BCUT2D eigenvalue weighted by molar-refractivity contribution is -0.114. The van der Waals surface area contributed by atoms with Crippen molar-refractivity contribution in [1.29, 1.82) is 0 Å². The third kappa shape index (κ3) is 4.76. The van der Waals surface area contributed by atoms with Crippen molar-refractivity contribution in [3.8, 4) is 0 Å². The summed E-state index contributed by atoms with van der Waals surface area (Å²) < 4.78 is 0. The van der Waals surface area contributed by atoms with Crippen LogP contribution < -0.4 is 10.6 Å². The molecule has 0 bridgehead atoms. The van der Waals surface area contributed by atoms with Crippen molar-refractivity contribution in [3.63, 3.8) is 0 Å². The lowest BCUT2D eigenvalue weighted by atomic mass is 10.0. The average Bonchev–Trinajstić information content (AvgIpc) is 2.59. The minimum absolute atomic E-state index is 0.0413. The highest BCUT2D eigenvalue weighted by molar-refractivity contribution is 5.88. The Hall–Kier alpha value is -2.47. The molecule has 1 aliphatic rings. The highest BCUT2D eigenvalue weighted by Crippen LogP contribution is 2.18. The highest BCUT2D eigenvalue weighted by Gasteiger charge is 2.19. The molecule has 3 rings (SSSR count). The molecule has 1 aliphatic heterocycles. The molecule has 0 saturated carbocycles. The number of carbonyl (C=O) groups is 1. The molecule has 1 saturated heterocycles. The number of hydrogen-bond donors (Lipinski definition) is 2. The first-order chi connectivity index (χ1) is 11.7. The molecule has 0 aliphatic carbocycles. The molecule has 1 aromatic heterocycles. The number of likely N-dealkylation sites (tertiary alicyclic amines) is 1. The zero-order valence-electron chi connectivity index (χ0n) is 13.9. The van der Waals surface area contributed by atoms with Crippen LogP contribution in [0.4, 0.5) is 11.5 Å². The fourth-order valence-electron chi connectivity index (χ4n) is 2.98. The van der Waals surface area contributed by atoms with Gasteiger partial charge < -0.3 is 10.6 Å². The van der Waals surface area contributed by atoms with E-state index in [1.165, 1.54) is 12.5 Å². The van der Waals surface area contributed by atoms with Crippen LogP contribution in [0.15, 0.2) is 42.6 Å². The van der Waals surface area contributed by atoms with Crippen molar-refractivity contribution >= 4 is 17.4 Å². The molecule has 0 atom stereocenters. The smallest absolute Gasteiger partial charge is 0.221 e. The SMILES string of the molecule is CC(=O)Nc1ccc(CN2CCC(Nc3cccnn3)CC2)cc1. The number of nitrogens with zero attached hydrogens (tertiary/aromatic N) is 3. The topological polar surface area (TPSA) is 70.2 Å². The van der Waals surface area contributed by atoms with Crippen molar-refractivity contribution in [1.82, 2.24) is 15.1 Å². The van der Waals surface area contributed by atoms with Gasteiger partial charge in [0.25, 0.3) is 0 Å². The molecule has 2 N–H and O–H groups in total. The minimum atomic E-state index is -0.0413. The van der Waals surface area contributed by atoms with E-state index in [0.29, 0.717) is 6.04 Å². The van der Waals surface area contributed by atoms with Crippen LogP contribution in [0.3, 0.4) is 0 Å². The van der Waals surface area contributed by atoms with Crippen molar-refractivity contribution < 1.29 is 4.79 Å². The van der Waals surface area contributed by atoms with E-state index in [2.05, 4.69) is 37.9 Å². The molecule has 1 fully saturated rings. The van der Waals surface area contributed by atoms with Gasteiger partial charge in [-0.2, -0.15) is 5.10 Å². The molecular formula is C18H23N5O. The summed E-state index contributed by atoms with van der Waals surface area (Å²) in [6.07, 6.45) is 3.88. The Kier molecular flexibility index (Phi) is 5.38. The fraction of sp³-hybridized carbons (Fsp3) is 0.389. The number of rotatable bonds is 5. The number of piperidine rings is 1. The summed E-state index contributed by atoms with van der Waals surface area (Å²) in [5.74, 6) is 0.810. The first-order valence-corrected chi connectivity index (χ1v) is 8.32. The van der Waals surface area contributed by atoms with Gasteiger partial charge >= 0.3 is 0 Å². The third-order valence-electron chi connectivity index (χ3n) is 4.19. The Morgan fingerprint density at radius 3 is 2.58 bits per heavy atom. The summed E-state index contributed by atoms with van der Waals surface area (Å²) in [5.41, 5.74) is 2.11. The third-order valence-corrected chi connectivity index (χ3v) is 4.19. The Balaban J connectivity index is 1.46. The maximum absolute atomic E-state index is 11.0. The summed E-state index contributed by atoms with van der Waals surface area (Å²) in [6, 6.07) is 12.4. The molecule has 126 valence electrons. The number of anilines is 2. The number of carbonyl (C=O) groups excluding carboxylic acids is 1. The molecule has 6 nitrogen and oxygen atoms in total. The van der Waals surface area contributed by atoms with Gasteiger partial charge in [0.05, 0.1) is 0 Å². The molecule has 1 aromatic carbocycles. The molecule has 0 radical (unpaired) electrons. The van der Waals surface area contributed by atoms with Crippen molar-refractivity contribution in [2.45, 2.75) is 32.4 Å². The van der Waals surface area contributed by atoms with Crippen molar-refractivity contribution in [2.24, 2.45) is 0 Å². The second-order valence-corrected chi connectivity index (χ2v) is 6.18. The molecular weight excluding hydrogens is 302 g/mol. The molecule has 6 heteroatoms. The molecule has 0 unspecified atom stereocenters. The average molecular weight is 325 g/mol. The monoisotopic (exact) mass is 325 g/mol. The van der Waals surface area contributed by atoms with Crippen LogP contribution in [0.25, 0.3) is 0 Å². The molecule has 1 amide bonds. The lowest BCUT2D eigenvalue weighted by Crippen LogP contribution is -2.38. The van der Waals surface area contributed by atoms with Gasteiger partial charge in [-0.3, -0.25) is 9.69 Å². The van der Waals surface area contributed by atoms with Crippen LogP contribution in [0.5, 0.6) is 0 Å². The standard InChI is InChI=1S/C18H23N5O/c1-14(24)20-16-6-4-15(5-7-16)13-23-11-8-17(9-12-23)21-18-3-2-10-19-22-18/h2-7,10,17H,8-9,11-13H2,1H3,(H,20,24)(H,21,22). The van der Waals surface area contributed by atoms with E-state index in [9.17, 15) is 4.79 Å². The van der Waals surface area contributed by atoms with Crippen LogP contribution in [0.2, 0.25) is 0 Å². The highest BCUT2D eigenvalue weighted by atomic mass is 16.1. The van der Waals surface area contributed by atoms with Crippen LogP contribution in [0.1, 0.15) is 25.3 Å². The zero-order chi connectivity index (χ0) is 16.8.